The van der Waals surface area contributed by atoms with Crippen molar-refractivity contribution in [2.24, 2.45) is 0 Å². The van der Waals surface area contributed by atoms with Crippen LogP contribution in [-0.2, 0) is 14.6 Å². The Hall–Kier alpha value is -0.660. The van der Waals surface area contributed by atoms with Gasteiger partial charge in [-0.05, 0) is 7.05 Å². The van der Waals surface area contributed by atoms with Crippen molar-refractivity contribution in [1.82, 2.24) is 15.1 Å². The van der Waals surface area contributed by atoms with E-state index in [0.29, 0.717) is 19.5 Å². The Balaban J connectivity index is 2.20. The normalized spacial score (nSPS) is 17.2. The smallest absolute Gasteiger partial charge is 0.223 e. The average Bonchev–Trinajstić information content (AvgIpc) is 2.33. The van der Waals surface area contributed by atoms with Crippen LogP contribution in [0.15, 0.2) is 0 Å². The van der Waals surface area contributed by atoms with Crippen molar-refractivity contribution in [1.29, 1.82) is 0 Å². The van der Waals surface area contributed by atoms with Crippen LogP contribution in [-0.4, -0.2) is 82.4 Å². The minimum absolute atomic E-state index is 0.144. The summed E-state index contributed by atoms with van der Waals surface area (Å²) in [5, 5.41) is 3.20. The molecule has 1 fully saturated rings. The molecule has 106 valence electrons. The van der Waals surface area contributed by atoms with Gasteiger partial charge in [0.15, 0.2) is 0 Å². The standard InChI is InChI=1S/C11H23N3O3S/c1-13(9-10-18(2,16)17)6-3-11(15)14-7-4-12-5-8-14/h12H,3-10H2,1-2H3. The summed E-state index contributed by atoms with van der Waals surface area (Å²) in [4.78, 5) is 15.6. The molecule has 1 saturated heterocycles. The highest BCUT2D eigenvalue weighted by Crippen LogP contribution is 1.99. The first-order valence-electron chi connectivity index (χ1n) is 6.23. The Morgan fingerprint density at radius 1 is 1.28 bits per heavy atom. The van der Waals surface area contributed by atoms with Crippen LogP contribution in [0.3, 0.4) is 0 Å². The van der Waals surface area contributed by atoms with E-state index < -0.39 is 9.84 Å². The lowest BCUT2D eigenvalue weighted by atomic mass is 10.3. The summed E-state index contributed by atoms with van der Waals surface area (Å²) in [7, 11) is -1.08. The summed E-state index contributed by atoms with van der Waals surface area (Å²) in [6, 6.07) is 0. The molecule has 0 saturated carbocycles. The monoisotopic (exact) mass is 277 g/mol. The van der Waals surface area contributed by atoms with Crippen LogP contribution in [0.1, 0.15) is 6.42 Å². The Morgan fingerprint density at radius 3 is 2.44 bits per heavy atom. The van der Waals surface area contributed by atoms with Crippen LogP contribution in [0.5, 0.6) is 0 Å². The molecule has 0 aliphatic carbocycles. The maximum atomic E-state index is 11.9. The number of hydrogen-bond acceptors (Lipinski definition) is 5. The molecule has 1 amide bonds. The highest BCUT2D eigenvalue weighted by molar-refractivity contribution is 7.90. The number of nitrogens with one attached hydrogen (secondary N) is 1. The molecule has 0 atom stereocenters. The number of carbonyl (C=O) groups is 1. The van der Waals surface area contributed by atoms with Crippen LogP contribution in [0.25, 0.3) is 0 Å². The molecule has 1 aliphatic heterocycles. The molecule has 1 N–H and O–H groups in total. The van der Waals surface area contributed by atoms with E-state index in [0.717, 1.165) is 26.2 Å². The molecule has 0 radical (unpaired) electrons. The van der Waals surface area contributed by atoms with Crippen molar-refractivity contribution in [2.45, 2.75) is 6.42 Å². The highest BCUT2D eigenvalue weighted by atomic mass is 32.2. The van der Waals surface area contributed by atoms with Gasteiger partial charge in [-0.3, -0.25) is 4.79 Å². The Morgan fingerprint density at radius 2 is 1.89 bits per heavy atom. The zero-order valence-corrected chi connectivity index (χ0v) is 12.0. The van der Waals surface area contributed by atoms with Crippen LogP contribution < -0.4 is 5.32 Å². The topological polar surface area (TPSA) is 69.7 Å². The van der Waals surface area contributed by atoms with Gasteiger partial charge in [-0.15, -0.1) is 0 Å². The van der Waals surface area contributed by atoms with Crippen molar-refractivity contribution < 1.29 is 13.2 Å². The molecular formula is C11H23N3O3S. The number of carbonyl (C=O) groups excluding carboxylic acids is 1. The largest absolute Gasteiger partial charge is 0.340 e. The van der Waals surface area contributed by atoms with E-state index in [1.165, 1.54) is 6.26 Å². The molecule has 1 aliphatic rings. The molecule has 18 heavy (non-hydrogen) atoms. The lowest BCUT2D eigenvalue weighted by molar-refractivity contribution is -0.132. The van der Waals surface area contributed by atoms with Gasteiger partial charge in [0.05, 0.1) is 5.75 Å². The van der Waals surface area contributed by atoms with Crippen LogP contribution in [0.4, 0.5) is 0 Å². The minimum Gasteiger partial charge on any atom is -0.340 e. The molecule has 1 heterocycles. The fourth-order valence-electron chi connectivity index (χ4n) is 1.79. The van der Waals surface area contributed by atoms with Crippen molar-refractivity contribution in [3.63, 3.8) is 0 Å². The van der Waals surface area contributed by atoms with E-state index in [-0.39, 0.29) is 11.7 Å². The quantitative estimate of drug-likeness (QED) is 0.659. The number of sulfone groups is 1. The third kappa shape index (κ3) is 6.32. The number of piperazine rings is 1. The number of nitrogens with zero attached hydrogens (tertiary/aromatic N) is 2. The van der Waals surface area contributed by atoms with Crippen molar-refractivity contribution >= 4 is 15.7 Å². The Labute approximate surface area is 109 Å². The van der Waals surface area contributed by atoms with Gasteiger partial charge in [0.1, 0.15) is 9.84 Å². The third-order valence-corrected chi connectivity index (χ3v) is 3.95. The molecule has 0 aromatic carbocycles. The van der Waals surface area contributed by atoms with Gasteiger partial charge in [-0.2, -0.15) is 0 Å². The summed E-state index contributed by atoms with van der Waals surface area (Å²) in [6.07, 6.45) is 1.69. The first kappa shape index (κ1) is 15.4. The predicted octanol–water partition coefficient (Wildman–Crippen LogP) is -1.22. The van der Waals surface area contributed by atoms with E-state index in [9.17, 15) is 13.2 Å². The SMILES string of the molecule is CN(CCC(=O)N1CCNCC1)CCS(C)(=O)=O. The predicted molar refractivity (Wildman–Crippen MR) is 71.3 cm³/mol. The van der Waals surface area contributed by atoms with E-state index in [1.54, 1.807) is 0 Å². The first-order valence-corrected chi connectivity index (χ1v) is 8.29. The van der Waals surface area contributed by atoms with E-state index in [2.05, 4.69) is 5.32 Å². The summed E-state index contributed by atoms with van der Waals surface area (Å²) in [5.41, 5.74) is 0. The first-order chi connectivity index (χ1) is 8.38. The second-order valence-corrected chi connectivity index (χ2v) is 7.07. The minimum atomic E-state index is -2.92. The molecule has 6 nitrogen and oxygen atoms in total. The maximum absolute atomic E-state index is 11.9. The highest BCUT2D eigenvalue weighted by Gasteiger charge is 2.16. The Bertz CT molecular complexity index is 364. The van der Waals surface area contributed by atoms with Crippen LogP contribution >= 0.6 is 0 Å². The van der Waals surface area contributed by atoms with Gasteiger partial charge < -0.3 is 15.1 Å². The lowest BCUT2D eigenvalue weighted by Crippen LogP contribution is -2.47. The van der Waals surface area contributed by atoms with Crippen molar-refractivity contribution in [3.8, 4) is 0 Å². The van der Waals surface area contributed by atoms with Gasteiger partial charge in [0.25, 0.3) is 0 Å². The number of amides is 1. The molecule has 0 bridgehead atoms. The average molecular weight is 277 g/mol. The fraction of sp³-hybridized carbons (Fsp3) is 0.909. The van der Waals surface area contributed by atoms with Gasteiger partial charge in [0, 0.05) is 51.9 Å². The zero-order valence-electron chi connectivity index (χ0n) is 11.2. The maximum Gasteiger partial charge on any atom is 0.223 e. The summed E-state index contributed by atoms with van der Waals surface area (Å²) in [6.45, 7) is 4.34. The summed E-state index contributed by atoms with van der Waals surface area (Å²) >= 11 is 0. The van der Waals surface area contributed by atoms with Gasteiger partial charge in [-0.1, -0.05) is 0 Å². The van der Waals surface area contributed by atoms with Gasteiger partial charge in [0.2, 0.25) is 5.91 Å². The lowest BCUT2D eigenvalue weighted by Gasteiger charge is -2.28. The molecule has 0 aromatic heterocycles. The fourth-order valence-corrected chi connectivity index (χ4v) is 2.44. The van der Waals surface area contributed by atoms with Crippen molar-refractivity contribution in [2.75, 3.05) is 58.3 Å². The van der Waals surface area contributed by atoms with E-state index in [4.69, 9.17) is 0 Å². The van der Waals surface area contributed by atoms with E-state index in [1.807, 2.05) is 16.8 Å². The second-order valence-electron chi connectivity index (χ2n) is 4.81. The third-order valence-electron chi connectivity index (χ3n) is 3.02. The van der Waals surface area contributed by atoms with Gasteiger partial charge >= 0.3 is 0 Å². The molecule has 0 spiro atoms. The van der Waals surface area contributed by atoms with Crippen LogP contribution in [0.2, 0.25) is 0 Å². The molecule has 0 unspecified atom stereocenters. The Kier molecular flexibility index (Phi) is 6.04. The van der Waals surface area contributed by atoms with Gasteiger partial charge in [-0.25, -0.2) is 8.42 Å². The molecule has 1 rings (SSSR count). The summed E-state index contributed by atoms with van der Waals surface area (Å²) in [5.74, 6) is 0.299. The number of hydrogen-bond donors (Lipinski definition) is 1. The summed E-state index contributed by atoms with van der Waals surface area (Å²) < 4.78 is 22.0. The van der Waals surface area contributed by atoms with Crippen molar-refractivity contribution in [3.05, 3.63) is 0 Å². The van der Waals surface area contributed by atoms with E-state index >= 15 is 0 Å². The number of rotatable bonds is 6. The zero-order chi connectivity index (χ0) is 13.6. The molecular weight excluding hydrogens is 254 g/mol. The molecule has 0 aromatic rings. The molecule has 7 heteroatoms. The second kappa shape index (κ2) is 7.06. The van der Waals surface area contributed by atoms with Crippen LogP contribution in [0, 0.1) is 0 Å².